The van der Waals surface area contributed by atoms with Gasteiger partial charge in [-0.25, -0.2) is 0 Å². The smallest absolute Gasteiger partial charge is 0.0104 e. The van der Waals surface area contributed by atoms with Gasteiger partial charge in [-0.1, -0.05) is 39.3 Å². The summed E-state index contributed by atoms with van der Waals surface area (Å²) in [6.07, 6.45) is 2.33. The lowest BCUT2D eigenvalue weighted by atomic mass is 9.88. The predicted molar refractivity (Wildman–Crippen MR) is 56.0 cm³/mol. The molecule has 0 aliphatic carbocycles. The largest absolute Gasteiger partial charge is 0.327 e. The van der Waals surface area contributed by atoms with E-state index >= 15 is 0 Å². The third-order valence-electron chi connectivity index (χ3n) is 2.79. The van der Waals surface area contributed by atoms with E-state index in [1.165, 1.54) is 12.0 Å². The molecule has 0 aromatic heterocycles. The summed E-state index contributed by atoms with van der Waals surface area (Å²) in [5.74, 6) is 1.20. The quantitative estimate of drug-likeness (QED) is 0.629. The van der Waals surface area contributed by atoms with Crippen LogP contribution in [0, 0.1) is 11.8 Å². The van der Waals surface area contributed by atoms with Crippen molar-refractivity contribution in [3.05, 3.63) is 12.2 Å². The zero-order valence-corrected chi connectivity index (χ0v) is 8.93. The van der Waals surface area contributed by atoms with Crippen molar-refractivity contribution < 1.29 is 0 Å². The van der Waals surface area contributed by atoms with E-state index in [0.29, 0.717) is 5.92 Å². The topological polar surface area (TPSA) is 26.0 Å². The van der Waals surface area contributed by atoms with E-state index in [4.69, 9.17) is 5.73 Å². The summed E-state index contributed by atoms with van der Waals surface area (Å²) >= 11 is 0. The lowest BCUT2D eigenvalue weighted by Gasteiger charge is -2.22. The Morgan fingerprint density at radius 2 is 1.92 bits per heavy atom. The number of hydrogen-bond acceptors (Lipinski definition) is 1. The monoisotopic (exact) mass is 169 g/mol. The zero-order chi connectivity index (χ0) is 9.72. The molecule has 1 nitrogen and oxygen atoms in total. The van der Waals surface area contributed by atoms with Crippen LogP contribution >= 0.6 is 0 Å². The van der Waals surface area contributed by atoms with Crippen LogP contribution in [0.1, 0.15) is 40.5 Å². The molecule has 0 rings (SSSR count). The minimum atomic E-state index is 0.289. The second kappa shape index (κ2) is 5.36. The Hall–Kier alpha value is -0.300. The molecule has 0 bridgehead atoms. The van der Waals surface area contributed by atoms with Crippen molar-refractivity contribution in [2.45, 2.75) is 46.6 Å². The van der Waals surface area contributed by atoms with Crippen molar-refractivity contribution in [3.8, 4) is 0 Å². The van der Waals surface area contributed by atoms with Gasteiger partial charge in [0.25, 0.3) is 0 Å². The molecule has 0 aliphatic heterocycles. The Morgan fingerprint density at radius 1 is 1.42 bits per heavy atom. The molecule has 1 unspecified atom stereocenters. The van der Waals surface area contributed by atoms with E-state index in [1.807, 2.05) is 0 Å². The van der Waals surface area contributed by atoms with Gasteiger partial charge in [-0.15, -0.1) is 0 Å². The molecule has 0 radical (unpaired) electrons. The first-order valence-corrected chi connectivity index (χ1v) is 4.90. The van der Waals surface area contributed by atoms with Crippen molar-refractivity contribution >= 4 is 0 Å². The molecule has 1 heteroatoms. The van der Waals surface area contributed by atoms with E-state index in [1.54, 1.807) is 0 Å². The first-order chi connectivity index (χ1) is 5.49. The third kappa shape index (κ3) is 3.91. The van der Waals surface area contributed by atoms with Gasteiger partial charge in [-0.2, -0.15) is 0 Å². The average Bonchev–Trinajstić information content (AvgIpc) is 2.02. The molecule has 0 aromatic carbocycles. The molecular weight excluding hydrogens is 146 g/mol. The van der Waals surface area contributed by atoms with E-state index < -0.39 is 0 Å². The molecule has 0 aliphatic rings. The van der Waals surface area contributed by atoms with Crippen LogP contribution in [0.3, 0.4) is 0 Å². The predicted octanol–water partition coefficient (Wildman–Crippen LogP) is 2.96. The van der Waals surface area contributed by atoms with Crippen molar-refractivity contribution in [1.82, 2.24) is 0 Å². The number of hydrogen-bond donors (Lipinski definition) is 1. The fraction of sp³-hybridized carbons (Fsp3) is 0.818. The Balaban J connectivity index is 3.86. The molecule has 0 saturated carbocycles. The zero-order valence-electron chi connectivity index (χ0n) is 8.93. The van der Waals surface area contributed by atoms with Crippen LogP contribution in [0.2, 0.25) is 0 Å². The molecule has 0 saturated heterocycles. The first kappa shape index (κ1) is 11.7. The second-order valence-electron chi connectivity index (χ2n) is 4.05. The SMILES string of the molecule is C=C(C)[C@H](C)[C@H](N)CC(C)CC. The Kier molecular flexibility index (Phi) is 5.23. The standard InChI is InChI=1S/C11H23N/c1-6-9(4)7-11(12)10(5)8(2)3/h9-11H,2,6-7,12H2,1,3-5H3/t9?,10-,11+/m0/s1. The highest BCUT2D eigenvalue weighted by Crippen LogP contribution is 2.18. The molecule has 0 heterocycles. The summed E-state index contributed by atoms with van der Waals surface area (Å²) in [5, 5.41) is 0. The molecule has 0 aromatic rings. The summed E-state index contributed by atoms with van der Waals surface area (Å²) in [4.78, 5) is 0. The fourth-order valence-corrected chi connectivity index (χ4v) is 1.20. The van der Waals surface area contributed by atoms with Crippen LogP contribution in [0.5, 0.6) is 0 Å². The summed E-state index contributed by atoms with van der Waals surface area (Å²) in [7, 11) is 0. The van der Waals surface area contributed by atoms with Gasteiger partial charge in [0.05, 0.1) is 0 Å². The van der Waals surface area contributed by atoms with Crippen molar-refractivity contribution in [1.29, 1.82) is 0 Å². The maximum Gasteiger partial charge on any atom is 0.0104 e. The molecule has 0 amide bonds. The second-order valence-corrected chi connectivity index (χ2v) is 4.05. The normalized spacial score (nSPS) is 18.4. The fourth-order valence-electron chi connectivity index (χ4n) is 1.20. The third-order valence-corrected chi connectivity index (χ3v) is 2.79. The molecule has 0 spiro atoms. The minimum Gasteiger partial charge on any atom is -0.327 e. The number of rotatable bonds is 5. The van der Waals surface area contributed by atoms with E-state index in [9.17, 15) is 0 Å². The summed E-state index contributed by atoms with van der Waals surface area (Å²) in [6, 6.07) is 0.289. The van der Waals surface area contributed by atoms with Gasteiger partial charge in [0.1, 0.15) is 0 Å². The van der Waals surface area contributed by atoms with Gasteiger partial charge in [0.15, 0.2) is 0 Å². The van der Waals surface area contributed by atoms with Crippen LogP contribution in [0.15, 0.2) is 12.2 Å². The maximum atomic E-state index is 6.03. The van der Waals surface area contributed by atoms with Gasteiger partial charge in [-0.3, -0.25) is 0 Å². The van der Waals surface area contributed by atoms with E-state index in [2.05, 4.69) is 34.3 Å². The minimum absolute atomic E-state index is 0.289. The highest BCUT2D eigenvalue weighted by molar-refractivity contribution is 4.98. The van der Waals surface area contributed by atoms with Crippen molar-refractivity contribution in [2.75, 3.05) is 0 Å². The van der Waals surface area contributed by atoms with E-state index in [0.717, 1.165) is 12.3 Å². The Morgan fingerprint density at radius 3 is 2.25 bits per heavy atom. The highest BCUT2D eigenvalue weighted by atomic mass is 14.6. The molecular formula is C11H23N. The van der Waals surface area contributed by atoms with Crippen LogP contribution in [0.4, 0.5) is 0 Å². The van der Waals surface area contributed by atoms with Crippen molar-refractivity contribution in [2.24, 2.45) is 17.6 Å². The van der Waals surface area contributed by atoms with Gasteiger partial charge >= 0.3 is 0 Å². The maximum absolute atomic E-state index is 6.03. The van der Waals surface area contributed by atoms with Gasteiger partial charge in [-0.05, 0) is 25.2 Å². The Bertz CT molecular complexity index is 140. The summed E-state index contributed by atoms with van der Waals surface area (Å²) < 4.78 is 0. The summed E-state index contributed by atoms with van der Waals surface area (Å²) in [5.41, 5.74) is 7.23. The van der Waals surface area contributed by atoms with Gasteiger partial charge in [0, 0.05) is 6.04 Å². The lowest BCUT2D eigenvalue weighted by Crippen LogP contribution is -2.30. The molecule has 0 fully saturated rings. The summed E-state index contributed by atoms with van der Waals surface area (Å²) in [6.45, 7) is 12.6. The molecule has 2 N–H and O–H groups in total. The van der Waals surface area contributed by atoms with Crippen molar-refractivity contribution in [3.63, 3.8) is 0 Å². The van der Waals surface area contributed by atoms with Crippen LogP contribution < -0.4 is 5.73 Å². The first-order valence-electron chi connectivity index (χ1n) is 4.90. The lowest BCUT2D eigenvalue weighted by molar-refractivity contribution is 0.395. The highest BCUT2D eigenvalue weighted by Gasteiger charge is 2.15. The van der Waals surface area contributed by atoms with Crippen LogP contribution in [-0.4, -0.2) is 6.04 Å². The van der Waals surface area contributed by atoms with Crippen LogP contribution in [0.25, 0.3) is 0 Å². The average molecular weight is 169 g/mol. The molecule has 72 valence electrons. The van der Waals surface area contributed by atoms with E-state index in [-0.39, 0.29) is 6.04 Å². The van der Waals surface area contributed by atoms with Crippen LogP contribution in [-0.2, 0) is 0 Å². The number of nitrogens with two attached hydrogens (primary N) is 1. The Labute approximate surface area is 77.0 Å². The molecule has 3 atom stereocenters. The van der Waals surface area contributed by atoms with Gasteiger partial charge in [0.2, 0.25) is 0 Å². The molecule has 12 heavy (non-hydrogen) atoms. The van der Waals surface area contributed by atoms with Gasteiger partial charge < -0.3 is 5.73 Å².